The molecular weight excluding hydrogens is 208 g/mol. The fourth-order valence-electron chi connectivity index (χ4n) is 2.18. The molecule has 1 aliphatic heterocycles. The predicted octanol–water partition coefficient (Wildman–Crippen LogP) is 1.06. The first kappa shape index (κ1) is 11.0. The number of hydrogen-bond donors (Lipinski definition) is 2. The van der Waals surface area contributed by atoms with Crippen molar-refractivity contribution in [3.05, 3.63) is 11.8 Å². The maximum absolute atomic E-state index is 11.6. The van der Waals surface area contributed by atoms with Crippen molar-refractivity contribution >= 4 is 12.0 Å². The van der Waals surface area contributed by atoms with Crippen LogP contribution in [0.15, 0.2) is 11.8 Å². The maximum Gasteiger partial charge on any atom is 0.333 e. The van der Waals surface area contributed by atoms with Crippen molar-refractivity contribution in [1.29, 1.82) is 0 Å². The van der Waals surface area contributed by atoms with Gasteiger partial charge in [-0.1, -0.05) is 12.8 Å². The van der Waals surface area contributed by atoms with Crippen LogP contribution in [-0.4, -0.2) is 24.1 Å². The van der Waals surface area contributed by atoms with Crippen LogP contribution < -0.4 is 10.6 Å². The molecule has 2 rings (SSSR count). The number of carbonyl (C=O) groups excluding carboxylic acids is 2. The van der Waals surface area contributed by atoms with Gasteiger partial charge in [-0.3, -0.25) is 0 Å². The lowest BCUT2D eigenvalue weighted by Gasteiger charge is -2.25. The summed E-state index contributed by atoms with van der Waals surface area (Å²) in [6.45, 7) is 2.20. The topological polar surface area (TPSA) is 67.4 Å². The van der Waals surface area contributed by atoms with Crippen LogP contribution >= 0.6 is 0 Å². The monoisotopic (exact) mass is 224 g/mol. The summed E-state index contributed by atoms with van der Waals surface area (Å²) < 4.78 is 4.69. The first-order valence-corrected chi connectivity index (χ1v) is 5.54. The zero-order valence-corrected chi connectivity index (χ0v) is 9.34. The van der Waals surface area contributed by atoms with Crippen molar-refractivity contribution in [3.8, 4) is 0 Å². The first-order valence-electron chi connectivity index (χ1n) is 5.54. The van der Waals surface area contributed by atoms with Crippen molar-refractivity contribution < 1.29 is 14.3 Å². The molecule has 0 aromatic heterocycles. The Hall–Kier alpha value is -1.52. The van der Waals surface area contributed by atoms with Crippen LogP contribution in [0.1, 0.15) is 32.6 Å². The van der Waals surface area contributed by atoms with Gasteiger partial charge in [0.05, 0.1) is 5.70 Å². The van der Waals surface area contributed by atoms with E-state index in [1.165, 1.54) is 6.08 Å². The van der Waals surface area contributed by atoms with E-state index in [1.54, 1.807) is 0 Å². The number of nitrogens with one attached hydrogen (secondary N) is 2. The molecule has 5 heteroatoms. The summed E-state index contributed by atoms with van der Waals surface area (Å²) in [5, 5.41) is 5.57. The van der Waals surface area contributed by atoms with Gasteiger partial charge < -0.3 is 15.4 Å². The zero-order valence-electron chi connectivity index (χ0n) is 9.34. The quantitative estimate of drug-likeness (QED) is 0.689. The zero-order chi connectivity index (χ0) is 11.6. The third-order valence-corrected chi connectivity index (χ3v) is 3.06. The minimum atomic E-state index is -0.401. The van der Waals surface area contributed by atoms with Gasteiger partial charge in [0.15, 0.2) is 0 Å². The van der Waals surface area contributed by atoms with Crippen LogP contribution in [0.2, 0.25) is 0 Å². The molecule has 0 saturated heterocycles. The molecule has 0 aromatic carbocycles. The van der Waals surface area contributed by atoms with E-state index in [-0.39, 0.29) is 18.2 Å². The molecule has 0 aromatic rings. The van der Waals surface area contributed by atoms with Crippen molar-refractivity contribution in [2.75, 3.05) is 6.61 Å². The predicted molar refractivity (Wildman–Crippen MR) is 57.6 cm³/mol. The summed E-state index contributed by atoms with van der Waals surface area (Å²) in [5.41, 5.74) is 0.415. The highest BCUT2D eigenvalue weighted by molar-refractivity contribution is 5.87. The SMILES string of the molecule is CC1(NC(=O)NC2=CC(=O)OC2)CCCC1. The van der Waals surface area contributed by atoms with Gasteiger partial charge in [-0.05, 0) is 19.8 Å². The number of cyclic esters (lactones) is 1. The summed E-state index contributed by atoms with van der Waals surface area (Å²) in [4.78, 5) is 22.4. The largest absolute Gasteiger partial charge is 0.456 e. The lowest BCUT2D eigenvalue weighted by Crippen LogP contribution is -2.48. The Bertz CT molecular complexity index is 343. The molecule has 2 aliphatic rings. The highest BCUT2D eigenvalue weighted by Gasteiger charge is 2.30. The summed E-state index contributed by atoms with van der Waals surface area (Å²) in [6.07, 6.45) is 5.63. The second-order valence-electron chi connectivity index (χ2n) is 4.62. The number of carbonyl (C=O) groups is 2. The lowest BCUT2D eigenvalue weighted by molar-refractivity contribution is -0.134. The average molecular weight is 224 g/mol. The van der Waals surface area contributed by atoms with E-state index in [9.17, 15) is 9.59 Å². The maximum atomic E-state index is 11.6. The van der Waals surface area contributed by atoms with E-state index < -0.39 is 5.97 Å². The average Bonchev–Trinajstić information content (AvgIpc) is 2.75. The summed E-state index contributed by atoms with van der Waals surface area (Å²) in [5.74, 6) is -0.401. The molecule has 2 N–H and O–H groups in total. The van der Waals surface area contributed by atoms with Crippen LogP contribution in [0.3, 0.4) is 0 Å². The molecule has 1 saturated carbocycles. The third kappa shape index (κ3) is 2.53. The minimum absolute atomic E-state index is 0.103. The molecule has 0 spiro atoms. The van der Waals surface area contributed by atoms with Gasteiger partial charge in [0.1, 0.15) is 6.61 Å². The van der Waals surface area contributed by atoms with E-state index in [2.05, 4.69) is 15.4 Å². The Balaban J connectivity index is 1.84. The van der Waals surface area contributed by atoms with Gasteiger partial charge in [-0.15, -0.1) is 0 Å². The molecule has 5 nitrogen and oxygen atoms in total. The molecule has 0 radical (unpaired) electrons. The number of ether oxygens (including phenoxy) is 1. The normalized spacial score (nSPS) is 22.6. The molecule has 1 aliphatic carbocycles. The van der Waals surface area contributed by atoms with Crippen molar-refractivity contribution in [2.24, 2.45) is 0 Å². The third-order valence-electron chi connectivity index (χ3n) is 3.06. The molecule has 0 bridgehead atoms. The second-order valence-corrected chi connectivity index (χ2v) is 4.62. The molecule has 2 amide bonds. The van der Waals surface area contributed by atoms with E-state index in [1.807, 2.05) is 6.92 Å². The van der Waals surface area contributed by atoms with E-state index in [0.717, 1.165) is 25.7 Å². The molecule has 88 valence electrons. The highest BCUT2D eigenvalue weighted by Crippen LogP contribution is 2.28. The van der Waals surface area contributed by atoms with E-state index in [4.69, 9.17) is 0 Å². The smallest absolute Gasteiger partial charge is 0.333 e. The molecule has 1 fully saturated rings. The number of amides is 2. The van der Waals surface area contributed by atoms with Crippen molar-refractivity contribution in [2.45, 2.75) is 38.1 Å². The lowest BCUT2D eigenvalue weighted by atomic mass is 10.0. The van der Waals surface area contributed by atoms with E-state index >= 15 is 0 Å². The Morgan fingerprint density at radius 2 is 2.12 bits per heavy atom. The van der Waals surface area contributed by atoms with Crippen molar-refractivity contribution in [1.82, 2.24) is 10.6 Å². The standard InChI is InChI=1S/C11H16N2O3/c1-11(4-2-3-5-11)13-10(15)12-8-6-9(14)16-7-8/h6H,2-5,7H2,1H3,(H2,12,13,15). The van der Waals surface area contributed by atoms with Crippen LogP contribution in [0.5, 0.6) is 0 Å². The van der Waals surface area contributed by atoms with Gasteiger partial charge in [0, 0.05) is 11.6 Å². The second kappa shape index (κ2) is 4.15. The van der Waals surface area contributed by atoms with Gasteiger partial charge >= 0.3 is 12.0 Å². The van der Waals surface area contributed by atoms with E-state index in [0.29, 0.717) is 5.70 Å². The van der Waals surface area contributed by atoms with Crippen molar-refractivity contribution in [3.63, 3.8) is 0 Å². The molecule has 1 heterocycles. The number of rotatable bonds is 2. The van der Waals surface area contributed by atoms with Gasteiger partial charge in [-0.25, -0.2) is 9.59 Å². The highest BCUT2D eigenvalue weighted by atomic mass is 16.5. The molecular formula is C11H16N2O3. The first-order chi connectivity index (χ1) is 7.57. The summed E-state index contributed by atoms with van der Waals surface area (Å²) >= 11 is 0. The Labute approximate surface area is 94.2 Å². The minimum Gasteiger partial charge on any atom is -0.456 e. The Morgan fingerprint density at radius 1 is 1.44 bits per heavy atom. The Morgan fingerprint density at radius 3 is 2.69 bits per heavy atom. The number of hydrogen-bond acceptors (Lipinski definition) is 3. The van der Waals surface area contributed by atoms with Gasteiger partial charge in [0.2, 0.25) is 0 Å². The summed E-state index contributed by atoms with van der Waals surface area (Å²) in [6, 6.07) is -0.256. The number of esters is 1. The van der Waals surface area contributed by atoms with Gasteiger partial charge in [0.25, 0.3) is 0 Å². The van der Waals surface area contributed by atoms with Crippen LogP contribution in [0, 0.1) is 0 Å². The number of urea groups is 1. The van der Waals surface area contributed by atoms with Crippen LogP contribution in [0.25, 0.3) is 0 Å². The Kier molecular flexibility index (Phi) is 2.85. The fraction of sp³-hybridized carbons (Fsp3) is 0.636. The summed E-state index contributed by atoms with van der Waals surface area (Å²) in [7, 11) is 0. The fourth-order valence-corrected chi connectivity index (χ4v) is 2.18. The molecule has 0 unspecified atom stereocenters. The van der Waals surface area contributed by atoms with Gasteiger partial charge in [-0.2, -0.15) is 0 Å². The van der Waals surface area contributed by atoms with Crippen LogP contribution in [0.4, 0.5) is 4.79 Å². The molecule has 16 heavy (non-hydrogen) atoms. The molecule has 0 atom stereocenters. The van der Waals surface area contributed by atoms with Crippen LogP contribution in [-0.2, 0) is 9.53 Å².